The first-order chi connectivity index (χ1) is 20.1. The zero-order chi connectivity index (χ0) is 30.0. The van der Waals surface area contributed by atoms with Gasteiger partial charge in [-0.3, -0.25) is 19.8 Å². The molecule has 2 atom stereocenters. The first-order valence-corrected chi connectivity index (χ1v) is 13.1. The van der Waals surface area contributed by atoms with Crippen molar-refractivity contribution in [3.05, 3.63) is 72.4 Å². The average molecular weight is 582 g/mol. The summed E-state index contributed by atoms with van der Waals surface area (Å²) < 4.78 is 45.7. The lowest BCUT2D eigenvalue weighted by molar-refractivity contribution is -0.133. The molecule has 2 unspecified atom stereocenters. The predicted octanol–water partition coefficient (Wildman–Crippen LogP) is 3.96. The lowest BCUT2D eigenvalue weighted by Gasteiger charge is -2.27. The first kappa shape index (κ1) is 28.9. The molecule has 0 spiro atoms. The number of hydrogen-bond acceptors (Lipinski definition) is 7. The molecule has 0 bridgehead atoms. The third-order valence-corrected chi connectivity index (χ3v) is 7.39. The van der Waals surface area contributed by atoms with Crippen LogP contribution in [0.25, 0.3) is 0 Å². The van der Waals surface area contributed by atoms with Gasteiger partial charge < -0.3 is 24.8 Å². The number of carbonyl (C=O) groups is 3. The van der Waals surface area contributed by atoms with E-state index < -0.39 is 34.9 Å². The van der Waals surface area contributed by atoms with Gasteiger partial charge in [0.15, 0.2) is 5.82 Å². The van der Waals surface area contributed by atoms with Gasteiger partial charge in [-0.2, -0.15) is 0 Å². The molecule has 0 radical (unpaired) electrons. The molecule has 11 nitrogen and oxygen atoms in total. The Morgan fingerprint density at radius 2 is 1.62 bits per heavy atom. The molecule has 220 valence electrons. The SMILES string of the molecule is COC1CN(C(=O)Nc2cc(Oc3ccc(N(C(=O)C4(C(N)=O)CC4)c4ccc(F)cc4)c(F)c3)ccn2)CC1OC. The number of nitrogens with two attached hydrogens (primary N) is 1. The highest BCUT2D eigenvalue weighted by molar-refractivity contribution is 6.16. The van der Waals surface area contributed by atoms with Crippen molar-refractivity contribution in [3.63, 3.8) is 0 Å². The van der Waals surface area contributed by atoms with Gasteiger partial charge in [0.1, 0.15) is 40.8 Å². The minimum absolute atomic E-state index is 0.0904. The van der Waals surface area contributed by atoms with Gasteiger partial charge in [-0.05, 0) is 55.3 Å². The smallest absolute Gasteiger partial charge is 0.323 e. The normalized spacial score (nSPS) is 18.8. The van der Waals surface area contributed by atoms with Crippen LogP contribution in [0.4, 0.5) is 30.8 Å². The maximum atomic E-state index is 15.5. The number of rotatable bonds is 9. The average Bonchev–Trinajstić information content (AvgIpc) is 3.68. The summed E-state index contributed by atoms with van der Waals surface area (Å²) in [5.74, 6) is -2.32. The van der Waals surface area contributed by atoms with Crippen LogP contribution in [0.5, 0.6) is 11.5 Å². The maximum absolute atomic E-state index is 15.5. The quantitative estimate of drug-likeness (QED) is 0.365. The molecule has 1 aromatic heterocycles. The number of carbonyl (C=O) groups excluding carboxylic acids is 3. The number of anilines is 3. The number of methoxy groups -OCH3 is 2. The molecule has 4 amide bonds. The van der Waals surface area contributed by atoms with Crippen LogP contribution < -0.4 is 20.7 Å². The zero-order valence-corrected chi connectivity index (χ0v) is 22.9. The van der Waals surface area contributed by atoms with Crippen molar-refractivity contribution in [1.82, 2.24) is 9.88 Å². The van der Waals surface area contributed by atoms with E-state index in [1.54, 1.807) is 19.1 Å². The fraction of sp³-hybridized carbons (Fsp3) is 0.310. The summed E-state index contributed by atoms with van der Waals surface area (Å²) >= 11 is 0. The molecule has 1 saturated carbocycles. The van der Waals surface area contributed by atoms with E-state index in [1.807, 2.05) is 0 Å². The second-order valence-corrected chi connectivity index (χ2v) is 10.0. The number of urea groups is 1. The molecule has 2 fully saturated rings. The Bertz CT molecular complexity index is 1490. The van der Waals surface area contributed by atoms with Crippen molar-refractivity contribution in [2.24, 2.45) is 11.1 Å². The molecule has 1 saturated heterocycles. The molecule has 42 heavy (non-hydrogen) atoms. The molecular weight excluding hydrogens is 552 g/mol. The Balaban J connectivity index is 1.33. The third kappa shape index (κ3) is 5.74. The summed E-state index contributed by atoms with van der Waals surface area (Å²) in [6.45, 7) is 0.696. The summed E-state index contributed by atoms with van der Waals surface area (Å²) in [5.41, 5.74) is 4.06. The van der Waals surface area contributed by atoms with Crippen LogP contribution in [0.2, 0.25) is 0 Å². The monoisotopic (exact) mass is 581 g/mol. The van der Waals surface area contributed by atoms with Crippen molar-refractivity contribution in [3.8, 4) is 11.5 Å². The fourth-order valence-electron chi connectivity index (χ4n) is 4.82. The number of aromatic nitrogens is 1. The van der Waals surface area contributed by atoms with E-state index in [0.29, 0.717) is 13.1 Å². The van der Waals surface area contributed by atoms with Gasteiger partial charge in [0.25, 0.3) is 0 Å². The standard InChI is InChI=1S/C29H29F2N5O6/c1-40-23-15-35(16-24(23)41-2)28(39)34-25-14-20(9-12-33-25)42-19-7-8-22(21(31)13-19)36(18-5-3-17(30)4-6-18)27(38)29(10-11-29)26(32)37/h3-9,12-14,23-24H,10-11,15-16H2,1-2H3,(H2,32,37)(H,33,34,39). The summed E-state index contributed by atoms with van der Waals surface area (Å²) in [6.07, 6.45) is 1.39. The van der Waals surface area contributed by atoms with Crippen molar-refractivity contribution < 1.29 is 37.4 Å². The fourth-order valence-corrected chi connectivity index (χ4v) is 4.82. The van der Waals surface area contributed by atoms with Crippen LogP contribution in [-0.2, 0) is 19.1 Å². The Labute approximate surface area is 240 Å². The van der Waals surface area contributed by atoms with Gasteiger partial charge in [-0.1, -0.05) is 0 Å². The molecule has 1 aliphatic carbocycles. The van der Waals surface area contributed by atoms with Gasteiger partial charge in [0.2, 0.25) is 11.8 Å². The van der Waals surface area contributed by atoms with Crippen LogP contribution in [-0.4, -0.2) is 67.2 Å². The largest absolute Gasteiger partial charge is 0.457 e. The molecule has 2 heterocycles. The Kier molecular flexibility index (Phi) is 8.05. The summed E-state index contributed by atoms with van der Waals surface area (Å²) in [5, 5.41) is 2.70. The van der Waals surface area contributed by atoms with E-state index in [-0.39, 0.29) is 53.7 Å². The Hall–Kier alpha value is -4.62. The number of amides is 4. The first-order valence-electron chi connectivity index (χ1n) is 13.1. The number of hydrogen-bond donors (Lipinski definition) is 2. The summed E-state index contributed by atoms with van der Waals surface area (Å²) in [7, 11) is 3.11. The van der Waals surface area contributed by atoms with Gasteiger partial charge in [0, 0.05) is 38.2 Å². The highest BCUT2D eigenvalue weighted by Gasteiger charge is 2.57. The van der Waals surface area contributed by atoms with E-state index in [9.17, 15) is 18.8 Å². The van der Waals surface area contributed by atoms with Crippen molar-refractivity contribution >= 4 is 35.0 Å². The van der Waals surface area contributed by atoms with Crippen LogP contribution in [0, 0.1) is 17.0 Å². The van der Waals surface area contributed by atoms with Crippen molar-refractivity contribution in [2.45, 2.75) is 25.0 Å². The lowest BCUT2D eigenvalue weighted by atomic mass is 10.0. The lowest BCUT2D eigenvalue weighted by Crippen LogP contribution is -2.41. The molecule has 3 N–H and O–H groups in total. The van der Waals surface area contributed by atoms with Crippen LogP contribution in [0.1, 0.15) is 12.8 Å². The Morgan fingerprint density at radius 3 is 2.19 bits per heavy atom. The van der Waals surface area contributed by atoms with E-state index in [4.69, 9.17) is 19.9 Å². The predicted molar refractivity (Wildman–Crippen MR) is 147 cm³/mol. The highest BCUT2D eigenvalue weighted by Crippen LogP contribution is 2.49. The molecule has 2 aromatic carbocycles. The number of nitrogens with zero attached hydrogens (tertiary/aromatic N) is 3. The molecular formula is C29H29F2N5O6. The van der Waals surface area contributed by atoms with Crippen molar-refractivity contribution in [1.29, 1.82) is 0 Å². The highest BCUT2D eigenvalue weighted by atomic mass is 19.1. The zero-order valence-electron chi connectivity index (χ0n) is 22.9. The van der Waals surface area contributed by atoms with E-state index in [1.165, 1.54) is 42.6 Å². The second kappa shape index (κ2) is 11.7. The van der Waals surface area contributed by atoms with E-state index in [0.717, 1.165) is 23.1 Å². The van der Waals surface area contributed by atoms with E-state index in [2.05, 4.69) is 10.3 Å². The number of nitrogens with one attached hydrogen (secondary N) is 1. The molecule has 13 heteroatoms. The molecule has 5 rings (SSSR count). The van der Waals surface area contributed by atoms with Crippen LogP contribution in [0.3, 0.4) is 0 Å². The Morgan fingerprint density at radius 1 is 0.976 bits per heavy atom. The van der Waals surface area contributed by atoms with Gasteiger partial charge in [-0.15, -0.1) is 0 Å². The molecule has 3 aromatic rings. The number of ether oxygens (including phenoxy) is 3. The maximum Gasteiger partial charge on any atom is 0.323 e. The summed E-state index contributed by atoms with van der Waals surface area (Å²) in [4.78, 5) is 45.0. The van der Waals surface area contributed by atoms with Crippen LogP contribution in [0.15, 0.2) is 60.8 Å². The van der Waals surface area contributed by atoms with Crippen molar-refractivity contribution in [2.75, 3.05) is 37.5 Å². The number of benzene rings is 2. The van der Waals surface area contributed by atoms with Gasteiger partial charge in [-0.25, -0.2) is 18.6 Å². The molecule has 2 aliphatic rings. The minimum atomic E-state index is -1.45. The number of likely N-dealkylation sites (tertiary alicyclic amines) is 1. The van der Waals surface area contributed by atoms with Gasteiger partial charge >= 0.3 is 6.03 Å². The minimum Gasteiger partial charge on any atom is -0.457 e. The number of pyridine rings is 1. The third-order valence-electron chi connectivity index (χ3n) is 7.39. The second-order valence-electron chi connectivity index (χ2n) is 10.0. The summed E-state index contributed by atoms with van der Waals surface area (Å²) in [6, 6.07) is 11.3. The van der Waals surface area contributed by atoms with Crippen LogP contribution >= 0.6 is 0 Å². The van der Waals surface area contributed by atoms with Gasteiger partial charge in [0.05, 0.1) is 18.8 Å². The number of halogens is 2. The topological polar surface area (TPSA) is 136 Å². The van der Waals surface area contributed by atoms with E-state index >= 15 is 4.39 Å². The number of primary amides is 1. The molecule has 1 aliphatic heterocycles.